The summed E-state index contributed by atoms with van der Waals surface area (Å²) in [7, 11) is -1.06. The van der Waals surface area contributed by atoms with Crippen LogP contribution in [0, 0.1) is 12.7 Å². The van der Waals surface area contributed by atoms with E-state index in [2.05, 4.69) is 14.5 Å². The number of halogens is 1. The molecule has 0 unspecified atom stereocenters. The highest BCUT2D eigenvalue weighted by molar-refractivity contribution is 7.87. The summed E-state index contributed by atoms with van der Waals surface area (Å²) < 4.78 is 44.3. The van der Waals surface area contributed by atoms with E-state index in [-0.39, 0.29) is 17.2 Å². The molecule has 0 spiro atoms. The van der Waals surface area contributed by atoms with E-state index >= 15 is 0 Å². The van der Waals surface area contributed by atoms with Crippen LogP contribution in [0.2, 0.25) is 0 Å². The van der Waals surface area contributed by atoms with Crippen LogP contribution in [-0.4, -0.2) is 51.1 Å². The molecule has 0 bridgehead atoms. The first kappa shape index (κ1) is 26.5. The van der Waals surface area contributed by atoms with Gasteiger partial charge in [0.05, 0.1) is 17.2 Å². The van der Waals surface area contributed by atoms with Crippen LogP contribution in [0.5, 0.6) is 0 Å². The lowest BCUT2D eigenvalue weighted by molar-refractivity contribution is 0.104. The van der Waals surface area contributed by atoms with Gasteiger partial charge in [-0.15, -0.1) is 0 Å². The first-order valence-electron chi connectivity index (χ1n) is 12.9. The Morgan fingerprint density at radius 1 is 0.927 bits per heavy atom. The maximum absolute atomic E-state index is 13.7. The summed E-state index contributed by atoms with van der Waals surface area (Å²) in [6.07, 6.45) is 4.84. The van der Waals surface area contributed by atoms with Crippen LogP contribution in [-0.2, 0) is 16.8 Å². The molecule has 6 rings (SSSR count). The van der Waals surface area contributed by atoms with E-state index in [0.717, 1.165) is 36.3 Å². The van der Waals surface area contributed by atoms with Crippen LogP contribution in [0.1, 0.15) is 27.3 Å². The summed E-state index contributed by atoms with van der Waals surface area (Å²) >= 11 is 0. The number of aromatic nitrogens is 4. The highest BCUT2D eigenvalue weighted by atomic mass is 32.2. The molecule has 8 nitrogen and oxygen atoms in total. The molecule has 0 amide bonds. The lowest BCUT2D eigenvalue weighted by Crippen LogP contribution is -2.28. The van der Waals surface area contributed by atoms with E-state index in [9.17, 15) is 17.6 Å². The van der Waals surface area contributed by atoms with Crippen molar-refractivity contribution in [2.75, 3.05) is 14.1 Å². The van der Waals surface area contributed by atoms with Gasteiger partial charge >= 0.3 is 10.2 Å². The van der Waals surface area contributed by atoms with Crippen LogP contribution in [0.25, 0.3) is 33.1 Å². The second kappa shape index (κ2) is 10.1. The number of imidazole rings is 1. The quantitative estimate of drug-likeness (QED) is 0.240. The van der Waals surface area contributed by atoms with Gasteiger partial charge in [0.2, 0.25) is 0 Å². The van der Waals surface area contributed by atoms with E-state index < -0.39 is 10.2 Å². The van der Waals surface area contributed by atoms with Crippen LogP contribution >= 0.6 is 0 Å². The number of benzene rings is 3. The number of hydrogen-bond acceptors (Lipinski definition) is 5. The molecule has 0 N–H and O–H groups in total. The van der Waals surface area contributed by atoms with Crippen molar-refractivity contribution in [1.82, 2.24) is 22.8 Å². The first-order chi connectivity index (χ1) is 19.6. The third-order valence-electron chi connectivity index (χ3n) is 7.20. The highest BCUT2D eigenvalue weighted by Gasteiger charge is 2.25. The van der Waals surface area contributed by atoms with Crippen molar-refractivity contribution in [3.05, 3.63) is 120 Å². The summed E-state index contributed by atoms with van der Waals surface area (Å²) in [4.78, 5) is 22.4. The molecule has 0 aliphatic rings. The van der Waals surface area contributed by atoms with E-state index in [4.69, 9.17) is 0 Å². The van der Waals surface area contributed by atoms with Crippen LogP contribution < -0.4 is 0 Å². The molecule has 0 atom stereocenters. The molecule has 3 aromatic carbocycles. The predicted octanol–water partition coefficient (Wildman–Crippen LogP) is 5.43. The standard InChI is InChI=1S/C31H26FN5O3S/c1-20-34-28-17-33-15-14-29(28)36(20)18-21-4-6-23(7-5-21)31(38)27-19-37(41(39,40)35(2)3)30-16-24(10-13-26(27)30)22-8-11-25(32)12-9-22/h4-17,19H,18H2,1-3H3. The Labute approximate surface area is 236 Å². The minimum Gasteiger partial charge on any atom is -0.324 e. The number of carbonyl (C=O) groups is 1. The fraction of sp³-hybridized carbons (Fsp3) is 0.129. The van der Waals surface area contributed by atoms with Gasteiger partial charge in [-0.25, -0.2) is 13.3 Å². The second-order valence-electron chi connectivity index (χ2n) is 10.0. The monoisotopic (exact) mass is 567 g/mol. The summed E-state index contributed by atoms with van der Waals surface area (Å²) in [5.74, 6) is 0.209. The third kappa shape index (κ3) is 4.71. The molecular weight excluding hydrogens is 541 g/mol. The zero-order valence-electron chi connectivity index (χ0n) is 22.6. The minimum atomic E-state index is -3.94. The summed E-state index contributed by atoms with van der Waals surface area (Å²) in [6.45, 7) is 2.52. The van der Waals surface area contributed by atoms with Gasteiger partial charge in [0.1, 0.15) is 17.2 Å². The maximum atomic E-state index is 13.7. The van der Waals surface area contributed by atoms with Crippen molar-refractivity contribution in [3.63, 3.8) is 0 Å². The minimum absolute atomic E-state index is 0.271. The van der Waals surface area contributed by atoms with Gasteiger partial charge in [0, 0.05) is 49.5 Å². The zero-order chi connectivity index (χ0) is 28.9. The summed E-state index contributed by atoms with van der Waals surface area (Å²) in [5, 5.41) is 0.504. The second-order valence-corrected chi connectivity index (χ2v) is 12.0. The van der Waals surface area contributed by atoms with E-state index in [0.29, 0.717) is 28.6 Å². The molecule has 41 heavy (non-hydrogen) atoms. The van der Waals surface area contributed by atoms with Crippen molar-refractivity contribution in [2.24, 2.45) is 0 Å². The third-order valence-corrected chi connectivity index (χ3v) is 8.92. The number of nitrogens with zero attached hydrogens (tertiary/aromatic N) is 5. The van der Waals surface area contributed by atoms with Crippen LogP contribution in [0.4, 0.5) is 4.39 Å². The Kier molecular flexibility index (Phi) is 6.51. The number of carbonyl (C=O) groups excluding carboxylic acids is 1. The number of ketones is 1. The molecule has 0 radical (unpaired) electrons. The van der Waals surface area contributed by atoms with Gasteiger partial charge in [0.15, 0.2) is 5.78 Å². The van der Waals surface area contributed by atoms with Crippen LogP contribution in [0.15, 0.2) is 91.4 Å². The SMILES string of the molecule is Cc1nc2cnccc2n1Cc1ccc(C(=O)c2cn(S(=O)(=O)N(C)C)c3cc(-c4ccc(F)cc4)ccc23)cc1. The fourth-order valence-corrected chi connectivity index (χ4v) is 5.96. The smallest absolute Gasteiger partial charge is 0.307 e. The topological polar surface area (TPSA) is 90.1 Å². The molecule has 0 saturated heterocycles. The molecule has 0 aliphatic heterocycles. The number of aryl methyl sites for hydroxylation is 1. The van der Waals surface area contributed by atoms with Crippen molar-refractivity contribution in [3.8, 4) is 11.1 Å². The van der Waals surface area contributed by atoms with E-state index in [1.807, 2.05) is 25.1 Å². The zero-order valence-corrected chi connectivity index (χ0v) is 23.4. The van der Waals surface area contributed by atoms with Gasteiger partial charge < -0.3 is 4.57 Å². The number of rotatable bonds is 7. The van der Waals surface area contributed by atoms with Crippen molar-refractivity contribution in [2.45, 2.75) is 13.5 Å². The molecular formula is C31H26FN5O3S. The molecule has 3 aromatic heterocycles. The normalized spacial score (nSPS) is 12.0. The fourth-order valence-electron chi connectivity index (χ4n) is 4.97. The Bertz CT molecular complexity index is 2040. The van der Waals surface area contributed by atoms with Gasteiger partial charge in [-0.2, -0.15) is 12.7 Å². The Hall–Kier alpha value is -4.67. The molecule has 6 aromatic rings. The van der Waals surface area contributed by atoms with Crippen molar-refractivity contribution >= 4 is 37.9 Å². The average Bonchev–Trinajstić information content (AvgIpc) is 3.51. The lowest BCUT2D eigenvalue weighted by atomic mass is 9.99. The maximum Gasteiger partial charge on any atom is 0.307 e. The number of fused-ring (bicyclic) bond motifs is 2. The molecule has 206 valence electrons. The van der Waals surface area contributed by atoms with Crippen molar-refractivity contribution in [1.29, 1.82) is 0 Å². The molecule has 3 heterocycles. The molecule has 0 saturated carbocycles. The molecule has 0 aliphatic carbocycles. The number of pyridine rings is 1. The van der Waals surface area contributed by atoms with Crippen LogP contribution in [0.3, 0.4) is 0 Å². The Morgan fingerprint density at radius 2 is 1.63 bits per heavy atom. The lowest BCUT2D eigenvalue weighted by Gasteiger charge is -2.13. The Morgan fingerprint density at radius 3 is 2.34 bits per heavy atom. The summed E-state index contributed by atoms with van der Waals surface area (Å²) in [6, 6.07) is 20.4. The highest BCUT2D eigenvalue weighted by Crippen LogP contribution is 2.31. The van der Waals surface area contributed by atoms with E-state index in [1.54, 1.807) is 54.9 Å². The first-order valence-corrected chi connectivity index (χ1v) is 14.3. The van der Waals surface area contributed by atoms with Crippen molar-refractivity contribution < 1.29 is 17.6 Å². The largest absolute Gasteiger partial charge is 0.324 e. The van der Waals surface area contributed by atoms with Gasteiger partial charge in [-0.1, -0.05) is 48.5 Å². The summed E-state index contributed by atoms with van der Waals surface area (Å²) in [5.41, 5.74) is 5.29. The predicted molar refractivity (Wildman–Crippen MR) is 157 cm³/mol. The Balaban J connectivity index is 1.38. The van der Waals surface area contributed by atoms with Gasteiger partial charge in [0.25, 0.3) is 0 Å². The number of hydrogen-bond donors (Lipinski definition) is 0. The van der Waals surface area contributed by atoms with Gasteiger partial charge in [-0.05, 0) is 47.9 Å². The van der Waals surface area contributed by atoms with E-state index in [1.165, 1.54) is 32.4 Å². The average molecular weight is 568 g/mol. The van der Waals surface area contributed by atoms with Gasteiger partial charge in [-0.3, -0.25) is 9.78 Å². The molecule has 0 fully saturated rings. The molecule has 10 heteroatoms.